The van der Waals surface area contributed by atoms with Crippen molar-refractivity contribution in [2.24, 2.45) is 4.99 Å². The molecule has 1 aliphatic heterocycles. The van der Waals surface area contributed by atoms with Crippen LogP contribution in [0.1, 0.15) is 52.5 Å². The van der Waals surface area contributed by atoms with Gasteiger partial charge in [-0.3, -0.25) is 14.7 Å². The molecule has 0 aromatic heterocycles. The smallest absolute Gasteiger partial charge is 0.234 e. The maximum atomic E-state index is 11.9. The number of hydrogen-bond acceptors (Lipinski definition) is 4. The van der Waals surface area contributed by atoms with Crippen LogP contribution in [-0.4, -0.2) is 69.2 Å². The number of guanidine groups is 1. The van der Waals surface area contributed by atoms with Crippen molar-refractivity contribution in [2.75, 3.05) is 46.4 Å². The van der Waals surface area contributed by atoms with Crippen molar-refractivity contribution in [1.82, 2.24) is 20.9 Å². The lowest BCUT2D eigenvalue weighted by Gasteiger charge is -2.33. The summed E-state index contributed by atoms with van der Waals surface area (Å²) in [5, 5.41) is 9.94. The summed E-state index contributed by atoms with van der Waals surface area (Å²) in [4.78, 5) is 19.1. The van der Waals surface area contributed by atoms with Crippen LogP contribution in [0.15, 0.2) is 29.3 Å². The van der Waals surface area contributed by atoms with Gasteiger partial charge in [0.05, 0.1) is 20.2 Å². The minimum atomic E-state index is -0.105. The van der Waals surface area contributed by atoms with Gasteiger partial charge in [0.2, 0.25) is 5.91 Å². The molecule has 1 saturated heterocycles. The van der Waals surface area contributed by atoms with E-state index in [9.17, 15) is 4.79 Å². The molecule has 3 N–H and O–H groups in total. The minimum Gasteiger partial charge on any atom is -0.497 e. The predicted octanol–water partition coefficient (Wildman–Crippen LogP) is 3.14. The minimum absolute atomic E-state index is 0. The molecule has 0 bridgehead atoms. The Bertz CT molecular complexity index is 718. The van der Waals surface area contributed by atoms with Gasteiger partial charge in [-0.2, -0.15) is 0 Å². The van der Waals surface area contributed by atoms with Crippen LogP contribution in [0, 0.1) is 0 Å². The monoisotopic (exact) mass is 559 g/mol. The Labute approximate surface area is 211 Å². The normalized spacial score (nSPS) is 15.6. The van der Waals surface area contributed by atoms with Crippen molar-refractivity contribution >= 4 is 35.8 Å². The molecule has 0 spiro atoms. The van der Waals surface area contributed by atoms with Gasteiger partial charge in [-0.25, -0.2) is 0 Å². The number of piperidine rings is 1. The van der Waals surface area contributed by atoms with Crippen LogP contribution in [0.2, 0.25) is 0 Å². The van der Waals surface area contributed by atoms with E-state index in [1.54, 1.807) is 7.11 Å². The molecule has 0 aliphatic carbocycles. The van der Waals surface area contributed by atoms with Gasteiger partial charge in [0.25, 0.3) is 0 Å². The van der Waals surface area contributed by atoms with Crippen molar-refractivity contribution in [1.29, 1.82) is 0 Å². The molecule has 0 radical (unpaired) electrons. The zero-order chi connectivity index (χ0) is 22.7. The molecule has 1 aliphatic rings. The lowest BCUT2D eigenvalue weighted by atomic mass is 9.84. The van der Waals surface area contributed by atoms with Crippen LogP contribution < -0.4 is 20.7 Å². The van der Waals surface area contributed by atoms with E-state index < -0.39 is 0 Å². The SMILES string of the molecule is CCCNC(=O)CN1CCC(NC(=NCC(C)(C)c2cccc(OC)c2)NCC)CC1.I. The van der Waals surface area contributed by atoms with Crippen LogP contribution in [0.4, 0.5) is 0 Å². The fraction of sp³-hybridized carbons (Fsp3) is 0.667. The summed E-state index contributed by atoms with van der Waals surface area (Å²) in [6.07, 6.45) is 2.98. The first kappa shape index (κ1) is 28.5. The van der Waals surface area contributed by atoms with Gasteiger partial charge in [0.1, 0.15) is 5.75 Å². The lowest BCUT2D eigenvalue weighted by molar-refractivity contribution is -0.122. The molecule has 182 valence electrons. The highest BCUT2D eigenvalue weighted by Crippen LogP contribution is 2.26. The molecule has 8 heteroatoms. The molecule has 1 aromatic rings. The third-order valence-corrected chi connectivity index (χ3v) is 5.70. The quantitative estimate of drug-likeness (QED) is 0.233. The number of carbonyl (C=O) groups excluding carboxylic acids is 1. The average Bonchev–Trinajstić information content (AvgIpc) is 2.77. The highest BCUT2D eigenvalue weighted by Gasteiger charge is 2.23. The molecule has 1 heterocycles. The summed E-state index contributed by atoms with van der Waals surface area (Å²) in [7, 11) is 1.69. The van der Waals surface area contributed by atoms with Crippen LogP contribution >= 0.6 is 24.0 Å². The standard InChI is InChI=1S/C24H41N5O2.HI/c1-6-13-26-22(30)17-29-14-11-20(12-15-29)28-23(25-7-2)27-18-24(3,4)19-9-8-10-21(16-19)31-5;/h8-10,16,20H,6-7,11-15,17-18H2,1-5H3,(H,26,30)(H2,25,27,28);1H. The molecule has 0 atom stereocenters. The number of ether oxygens (including phenoxy) is 1. The Balaban J connectivity index is 0.00000512. The molecule has 1 aromatic carbocycles. The number of halogens is 1. The Kier molecular flexibility index (Phi) is 13.0. The van der Waals surface area contributed by atoms with Crippen molar-refractivity contribution in [3.05, 3.63) is 29.8 Å². The number of rotatable bonds is 10. The highest BCUT2D eigenvalue weighted by molar-refractivity contribution is 14.0. The average molecular weight is 560 g/mol. The summed E-state index contributed by atoms with van der Waals surface area (Å²) in [5.74, 6) is 1.86. The zero-order valence-corrected chi connectivity index (χ0v) is 22.7. The lowest BCUT2D eigenvalue weighted by Crippen LogP contribution is -2.50. The zero-order valence-electron chi connectivity index (χ0n) is 20.4. The van der Waals surface area contributed by atoms with Gasteiger partial charge in [0, 0.05) is 37.6 Å². The fourth-order valence-corrected chi connectivity index (χ4v) is 3.68. The first-order valence-corrected chi connectivity index (χ1v) is 11.6. The van der Waals surface area contributed by atoms with E-state index in [1.165, 1.54) is 5.56 Å². The molecule has 1 fully saturated rings. The van der Waals surface area contributed by atoms with Crippen molar-refractivity contribution in [3.8, 4) is 5.75 Å². The topological polar surface area (TPSA) is 78.0 Å². The second-order valence-corrected chi connectivity index (χ2v) is 8.86. The largest absolute Gasteiger partial charge is 0.497 e. The molecule has 7 nitrogen and oxygen atoms in total. The van der Waals surface area contributed by atoms with E-state index in [-0.39, 0.29) is 35.3 Å². The van der Waals surface area contributed by atoms with Gasteiger partial charge in [-0.1, -0.05) is 32.9 Å². The van der Waals surface area contributed by atoms with E-state index in [4.69, 9.17) is 9.73 Å². The molecular formula is C24H42IN5O2. The van der Waals surface area contributed by atoms with Crippen molar-refractivity contribution < 1.29 is 9.53 Å². The van der Waals surface area contributed by atoms with Crippen LogP contribution in [0.3, 0.4) is 0 Å². The van der Waals surface area contributed by atoms with E-state index in [0.29, 0.717) is 19.1 Å². The first-order chi connectivity index (χ1) is 14.9. The maximum absolute atomic E-state index is 11.9. The van der Waals surface area contributed by atoms with E-state index in [2.05, 4.69) is 60.7 Å². The molecule has 32 heavy (non-hydrogen) atoms. The number of nitrogens with zero attached hydrogens (tertiary/aromatic N) is 2. The number of carbonyl (C=O) groups is 1. The van der Waals surface area contributed by atoms with E-state index in [1.807, 2.05) is 12.1 Å². The molecular weight excluding hydrogens is 517 g/mol. The molecule has 0 unspecified atom stereocenters. The second-order valence-electron chi connectivity index (χ2n) is 8.86. The number of amides is 1. The third kappa shape index (κ3) is 9.52. The van der Waals surface area contributed by atoms with Crippen molar-refractivity contribution in [2.45, 2.75) is 58.4 Å². The molecule has 2 rings (SSSR count). The number of benzene rings is 1. The number of hydrogen-bond donors (Lipinski definition) is 3. The first-order valence-electron chi connectivity index (χ1n) is 11.6. The summed E-state index contributed by atoms with van der Waals surface area (Å²) < 4.78 is 5.38. The number of likely N-dealkylation sites (tertiary alicyclic amines) is 1. The highest BCUT2D eigenvalue weighted by atomic mass is 127. The Morgan fingerprint density at radius 2 is 1.94 bits per heavy atom. The van der Waals surface area contributed by atoms with Crippen LogP contribution in [0.25, 0.3) is 0 Å². The van der Waals surface area contributed by atoms with Crippen molar-refractivity contribution in [3.63, 3.8) is 0 Å². The summed E-state index contributed by atoms with van der Waals surface area (Å²) in [5.41, 5.74) is 1.10. The Morgan fingerprint density at radius 3 is 2.56 bits per heavy atom. The Hall–Kier alpha value is -1.55. The Morgan fingerprint density at radius 1 is 1.22 bits per heavy atom. The van der Waals surface area contributed by atoms with E-state index in [0.717, 1.165) is 57.2 Å². The molecule has 0 saturated carbocycles. The number of methoxy groups -OCH3 is 1. The number of nitrogens with one attached hydrogen (secondary N) is 3. The van der Waals surface area contributed by atoms with Gasteiger partial charge in [-0.05, 0) is 43.9 Å². The van der Waals surface area contributed by atoms with Gasteiger partial charge in [-0.15, -0.1) is 24.0 Å². The van der Waals surface area contributed by atoms with Gasteiger partial charge < -0.3 is 20.7 Å². The summed E-state index contributed by atoms with van der Waals surface area (Å²) in [6.45, 7) is 13.2. The predicted molar refractivity (Wildman–Crippen MR) is 143 cm³/mol. The van der Waals surface area contributed by atoms with Gasteiger partial charge in [0.15, 0.2) is 5.96 Å². The fourth-order valence-electron chi connectivity index (χ4n) is 3.68. The molecule has 1 amide bonds. The van der Waals surface area contributed by atoms with Gasteiger partial charge >= 0.3 is 0 Å². The van der Waals surface area contributed by atoms with E-state index >= 15 is 0 Å². The van der Waals surface area contributed by atoms with Crippen LogP contribution in [0.5, 0.6) is 5.75 Å². The summed E-state index contributed by atoms with van der Waals surface area (Å²) in [6, 6.07) is 8.58. The summed E-state index contributed by atoms with van der Waals surface area (Å²) >= 11 is 0. The third-order valence-electron chi connectivity index (χ3n) is 5.70. The number of aliphatic imine (C=N–C) groups is 1. The maximum Gasteiger partial charge on any atom is 0.234 e. The second kappa shape index (κ2) is 14.6. The van der Waals surface area contributed by atoms with Crippen LogP contribution in [-0.2, 0) is 10.2 Å².